The van der Waals surface area contributed by atoms with E-state index in [-0.39, 0.29) is 18.7 Å². The Bertz CT molecular complexity index is 1100. The molecule has 0 bridgehead atoms. The van der Waals surface area contributed by atoms with E-state index in [1.54, 1.807) is 33.4 Å². The largest absolute Gasteiger partial charge is 0.494 e. The summed E-state index contributed by atoms with van der Waals surface area (Å²) in [6.45, 7) is 4.88. The van der Waals surface area contributed by atoms with Crippen molar-refractivity contribution in [1.29, 1.82) is 0 Å². The zero-order valence-electron chi connectivity index (χ0n) is 17.8. The number of amides is 1. The van der Waals surface area contributed by atoms with Gasteiger partial charge in [-0.05, 0) is 49.7 Å². The fourth-order valence-electron chi connectivity index (χ4n) is 3.35. The molecule has 0 saturated carbocycles. The molecule has 31 heavy (non-hydrogen) atoms. The second-order valence-corrected chi connectivity index (χ2v) is 6.99. The molecule has 0 aliphatic carbocycles. The van der Waals surface area contributed by atoms with Crippen molar-refractivity contribution in [2.24, 2.45) is 0 Å². The van der Waals surface area contributed by atoms with Crippen LogP contribution in [0.2, 0.25) is 0 Å². The number of nitrogens with zero attached hydrogens (tertiary/aromatic N) is 2. The molecule has 0 aliphatic rings. The summed E-state index contributed by atoms with van der Waals surface area (Å²) in [7, 11) is 0. The maximum atomic E-state index is 12.7. The number of hydrogen-bond donors (Lipinski definition) is 1. The number of ether oxygens (including phenoxy) is 2. The number of aryl methyl sites for hydroxylation is 2. The number of carbonyl (C=O) groups excluding carboxylic acids is 2. The first-order chi connectivity index (χ1) is 15.0. The van der Waals surface area contributed by atoms with Crippen LogP contribution in [-0.4, -0.2) is 34.2 Å². The van der Waals surface area contributed by atoms with Crippen LogP contribution in [-0.2, 0) is 27.4 Å². The van der Waals surface area contributed by atoms with Crippen molar-refractivity contribution in [2.75, 3.05) is 18.5 Å². The first-order valence-electron chi connectivity index (χ1n) is 10.4. The van der Waals surface area contributed by atoms with Crippen molar-refractivity contribution in [3.8, 4) is 5.75 Å². The summed E-state index contributed by atoms with van der Waals surface area (Å²) >= 11 is 0. The molecule has 0 unspecified atom stereocenters. The van der Waals surface area contributed by atoms with Gasteiger partial charge < -0.3 is 14.8 Å². The van der Waals surface area contributed by atoms with Gasteiger partial charge in [-0.25, -0.2) is 4.79 Å². The van der Waals surface area contributed by atoms with E-state index in [2.05, 4.69) is 5.32 Å². The molecule has 0 spiro atoms. The maximum Gasteiger partial charge on any atom is 0.329 e. The highest BCUT2D eigenvalue weighted by molar-refractivity contribution is 5.92. The van der Waals surface area contributed by atoms with Crippen LogP contribution < -0.4 is 15.7 Å². The van der Waals surface area contributed by atoms with Gasteiger partial charge in [0.15, 0.2) is 6.61 Å². The fourth-order valence-corrected chi connectivity index (χ4v) is 3.35. The number of para-hydroxylation sites is 2. The second kappa shape index (κ2) is 10.5. The normalized spacial score (nSPS) is 10.8. The van der Waals surface area contributed by atoms with Gasteiger partial charge in [0.2, 0.25) is 0 Å². The molecule has 0 aliphatic heterocycles. The van der Waals surface area contributed by atoms with E-state index in [1.807, 2.05) is 38.1 Å². The van der Waals surface area contributed by atoms with Gasteiger partial charge in [0.25, 0.3) is 5.91 Å². The summed E-state index contributed by atoms with van der Waals surface area (Å²) in [4.78, 5) is 36.9. The Morgan fingerprint density at radius 3 is 2.19 bits per heavy atom. The van der Waals surface area contributed by atoms with Crippen LogP contribution in [0.15, 0.2) is 53.3 Å². The lowest BCUT2D eigenvalue weighted by Gasteiger charge is -2.08. The number of aromatic nitrogens is 2. The smallest absolute Gasteiger partial charge is 0.329 e. The molecule has 0 radical (unpaired) electrons. The van der Waals surface area contributed by atoms with Crippen molar-refractivity contribution in [2.45, 2.75) is 39.8 Å². The van der Waals surface area contributed by atoms with Crippen molar-refractivity contribution in [3.63, 3.8) is 0 Å². The molecule has 0 saturated heterocycles. The van der Waals surface area contributed by atoms with Gasteiger partial charge in [0.1, 0.15) is 5.75 Å². The van der Waals surface area contributed by atoms with Gasteiger partial charge in [-0.2, -0.15) is 0 Å². The third-order valence-corrected chi connectivity index (χ3v) is 4.73. The molecule has 2 aromatic carbocycles. The maximum absolute atomic E-state index is 12.7. The fraction of sp³-hybridized carbons (Fsp3) is 0.348. The molecule has 0 atom stereocenters. The molecule has 8 nitrogen and oxygen atoms in total. The van der Waals surface area contributed by atoms with Gasteiger partial charge in [-0.3, -0.25) is 18.7 Å². The number of fused-ring (bicyclic) bond motifs is 1. The third-order valence-electron chi connectivity index (χ3n) is 4.73. The Labute approximate surface area is 180 Å². The van der Waals surface area contributed by atoms with Crippen molar-refractivity contribution in [1.82, 2.24) is 9.13 Å². The van der Waals surface area contributed by atoms with Crippen LogP contribution in [0.4, 0.5) is 5.69 Å². The van der Waals surface area contributed by atoms with Crippen molar-refractivity contribution in [3.05, 3.63) is 59.0 Å². The van der Waals surface area contributed by atoms with Crippen LogP contribution in [0.3, 0.4) is 0 Å². The average Bonchev–Trinajstić information content (AvgIpc) is 3.04. The molecule has 1 heterocycles. The van der Waals surface area contributed by atoms with Gasteiger partial charge in [-0.1, -0.05) is 19.1 Å². The summed E-state index contributed by atoms with van der Waals surface area (Å²) in [6.07, 6.45) is 0.829. The zero-order valence-corrected chi connectivity index (χ0v) is 17.8. The molecular weight excluding hydrogens is 398 g/mol. The first-order valence-corrected chi connectivity index (χ1v) is 10.4. The number of esters is 1. The van der Waals surface area contributed by atoms with E-state index in [1.165, 1.54) is 0 Å². The van der Waals surface area contributed by atoms with Gasteiger partial charge >= 0.3 is 11.7 Å². The number of carbonyl (C=O) groups is 2. The van der Waals surface area contributed by atoms with Gasteiger partial charge in [-0.15, -0.1) is 0 Å². The topological polar surface area (TPSA) is 91.6 Å². The van der Waals surface area contributed by atoms with Crippen LogP contribution in [0.5, 0.6) is 5.75 Å². The molecule has 164 valence electrons. The monoisotopic (exact) mass is 425 g/mol. The highest BCUT2D eigenvalue weighted by atomic mass is 16.5. The van der Waals surface area contributed by atoms with Crippen molar-refractivity contribution < 1.29 is 19.1 Å². The summed E-state index contributed by atoms with van der Waals surface area (Å²) in [5, 5.41) is 2.66. The molecule has 8 heteroatoms. The van der Waals surface area contributed by atoms with Crippen LogP contribution in [0.25, 0.3) is 11.0 Å². The second-order valence-electron chi connectivity index (χ2n) is 6.99. The number of nitrogens with one attached hydrogen (secondary N) is 1. The molecule has 1 N–H and O–H groups in total. The van der Waals surface area contributed by atoms with Crippen molar-refractivity contribution >= 4 is 28.6 Å². The van der Waals surface area contributed by atoms with Gasteiger partial charge in [0, 0.05) is 18.8 Å². The summed E-state index contributed by atoms with van der Waals surface area (Å²) in [5.74, 6) is -0.266. The number of rotatable bonds is 10. The predicted octanol–water partition coefficient (Wildman–Crippen LogP) is 3.18. The number of hydrogen-bond acceptors (Lipinski definition) is 5. The molecule has 1 amide bonds. The number of benzene rings is 2. The molecule has 3 rings (SSSR count). The van der Waals surface area contributed by atoms with Crippen LogP contribution in [0, 0.1) is 0 Å². The lowest BCUT2D eigenvalue weighted by atomic mass is 10.3. The minimum atomic E-state index is -0.541. The number of imidazole rings is 1. The summed E-state index contributed by atoms with van der Waals surface area (Å²) in [5.41, 5.74) is 2.06. The van der Waals surface area contributed by atoms with Crippen LogP contribution in [0.1, 0.15) is 26.7 Å². The highest BCUT2D eigenvalue weighted by Gasteiger charge is 2.14. The Morgan fingerprint density at radius 2 is 1.58 bits per heavy atom. The average molecular weight is 425 g/mol. The van der Waals surface area contributed by atoms with E-state index in [4.69, 9.17) is 9.47 Å². The van der Waals surface area contributed by atoms with Crippen LogP contribution >= 0.6 is 0 Å². The minimum absolute atomic E-state index is 0.00360. The lowest BCUT2D eigenvalue weighted by Crippen LogP contribution is -2.26. The molecular formula is C23H27N3O5. The Kier molecular flexibility index (Phi) is 7.48. The van der Waals surface area contributed by atoms with E-state index >= 15 is 0 Å². The molecule has 1 aromatic heterocycles. The standard InChI is InChI=1S/C23H27N3O5/c1-3-14-25-19-7-5-6-8-20(19)26(23(25)29)15-13-22(28)31-16-21(27)24-17-9-11-18(12-10-17)30-4-2/h5-12H,3-4,13-16H2,1-2H3,(H,24,27). The molecule has 3 aromatic rings. The van der Waals surface area contributed by atoms with E-state index in [9.17, 15) is 14.4 Å². The van der Waals surface area contributed by atoms with Gasteiger partial charge in [0.05, 0.1) is 24.1 Å². The van der Waals surface area contributed by atoms with E-state index in [0.29, 0.717) is 24.6 Å². The number of anilines is 1. The Hall–Kier alpha value is -3.55. The first kappa shape index (κ1) is 22.1. The highest BCUT2D eigenvalue weighted by Crippen LogP contribution is 2.16. The van der Waals surface area contributed by atoms with E-state index in [0.717, 1.165) is 17.5 Å². The summed E-state index contributed by atoms with van der Waals surface area (Å²) < 4.78 is 13.7. The third kappa shape index (κ3) is 5.53. The Balaban J connectivity index is 1.53. The predicted molar refractivity (Wildman–Crippen MR) is 118 cm³/mol. The Morgan fingerprint density at radius 1 is 0.935 bits per heavy atom. The minimum Gasteiger partial charge on any atom is -0.494 e. The SMILES string of the molecule is CCCn1c(=O)n(CCC(=O)OCC(=O)Nc2ccc(OCC)cc2)c2ccccc21. The summed E-state index contributed by atoms with van der Waals surface area (Å²) in [6, 6.07) is 14.4. The van der Waals surface area contributed by atoms with E-state index < -0.39 is 18.5 Å². The zero-order chi connectivity index (χ0) is 22.2. The lowest BCUT2D eigenvalue weighted by molar-refractivity contribution is -0.147. The quantitative estimate of drug-likeness (QED) is 0.504. The molecule has 0 fully saturated rings.